The van der Waals surface area contributed by atoms with E-state index in [1.807, 2.05) is 11.3 Å². The molecular weight excluding hydrogens is 472 g/mol. The third kappa shape index (κ3) is 4.19. The Balaban J connectivity index is 1.28. The number of aromatic nitrogens is 3. The van der Waals surface area contributed by atoms with Gasteiger partial charge in [0.15, 0.2) is 5.82 Å². The van der Waals surface area contributed by atoms with E-state index in [0.717, 1.165) is 51.8 Å². The number of aryl methyl sites for hydroxylation is 2. The summed E-state index contributed by atoms with van der Waals surface area (Å²) < 4.78 is 2.65. The lowest BCUT2D eigenvalue weighted by Gasteiger charge is -2.58. The molecule has 6 atom stereocenters. The highest BCUT2D eigenvalue weighted by molar-refractivity contribution is 7.15. The summed E-state index contributed by atoms with van der Waals surface area (Å²) >= 11 is 1.81. The van der Waals surface area contributed by atoms with Crippen molar-refractivity contribution >= 4 is 22.4 Å². The smallest absolute Gasteiger partial charge is 0.153 e. The van der Waals surface area contributed by atoms with Gasteiger partial charge in [0.1, 0.15) is 0 Å². The van der Waals surface area contributed by atoms with Crippen LogP contribution in [0.15, 0.2) is 24.3 Å². The van der Waals surface area contributed by atoms with Crippen LogP contribution in [-0.4, -0.2) is 37.6 Å². The molecule has 0 amide bonds. The molecule has 1 aromatic carbocycles. The SMILES string of the molecule is Cc1nc(C)c(-c2nc3ccccc3n2C2CC3C(C)CC(C)C(C2)N3C2CC3CCCC(CC3)C2)s1. The van der Waals surface area contributed by atoms with E-state index >= 15 is 0 Å². The van der Waals surface area contributed by atoms with E-state index in [1.54, 1.807) is 0 Å². The molecule has 3 aromatic rings. The largest absolute Gasteiger partial charge is 0.320 e. The van der Waals surface area contributed by atoms with Crippen LogP contribution in [0.3, 0.4) is 0 Å². The Hall–Kier alpha value is -1.72. The summed E-state index contributed by atoms with van der Waals surface area (Å²) in [6.45, 7) is 9.41. The Morgan fingerprint density at radius 2 is 1.46 bits per heavy atom. The zero-order chi connectivity index (χ0) is 25.3. The topological polar surface area (TPSA) is 34.0 Å². The molecule has 4 aliphatic rings. The Kier molecular flexibility index (Phi) is 6.23. The van der Waals surface area contributed by atoms with E-state index in [1.165, 1.54) is 74.6 Å². The third-order valence-electron chi connectivity index (χ3n) is 10.8. The Labute approximate surface area is 226 Å². The summed E-state index contributed by atoms with van der Waals surface area (Å²) in [4.78, 5) is 14.4. The molecule has 2 aliphatic heterocycles. The predicted molar refractivity (Wildman–Crippen MR) is 154 cm³/mol. The van der Waals surface area contributed by atoms with Crippen molar-refractivity contribution in [2.45, 2.75) is 116 Å². The number of imidazole rings is 1. The van der Waals surface area contributed by atoms with Gasteiger partial charge < -0.3 is 4.57 Å². The van der Waals surface area contributed by atoms with Gasteiger partial charge in [-0.15, -0.1) is 11.3 Å². The maximum Gasteiger partial charge on any atom is 0.153 e. The van der Waals surface area contributed by atoms with Crippen molar-refractivity contribution in [3.8, 4) is 10.7 Å². The zero-order valence-electron chi connectivity index (χ0n) is 23.2. The third-order valence-corrected chi connectivity index (χ3v) is 11.8. The molecule has 0 N–H and O–H groups in total. The standard InChI is InChI=1S/C32H44N4S/c1-19-14-20(2)30-18-26(17-29(19)35(30)25-15-23-8-7-9-24(16-25)13-12-23)36-28-11-6-5-10-27(28)34-32(36)31-21(3)33-22(4)37-31/h5-6,10-11,19-20,23-26,29-30H,7-9,12-18H2,1-4H3. The lowest BCUT2D eigenvalue weighted by molar-refractivity contribution is -0.0786. The van der Waals surface area contributed by atoms with Crippen LogP contribution >= 0.6 is 11.3 Å². The van der Waals surface area contributed by atoms with Gasteiger partial charge >= 0.3 is 0 Å². The van der Waals surface area contributed by atoms with Gasteiger partial charge in [-0.3, -0.25) is 4.90 Å². The average Bonchev–Trinajstić information content (AvgIpc) is 3.22. The molecule has 7 rings (SSSR count). The van der Waals surface area contributed by atoms with Crippen LogP contribution in [0.2, 0.25) is 0 Å². The number of thiazole rings is 1. The van der Waals surface area contributed by atoms with Crippen molar-refractivity contribution in [2.75, 3.05) is 0 Å². The Morgan fingerprint density at radius 3 is 2.11 bits per heavy atom. The highest BCUT2D eigenvalue weighted by Gasteiger charge is 2.49. The first-order chi connectivity index (χ1) is 18.0. The second kappa shape index (κ2) is 9.48. The average molecular weight is 517 g/mol. The van der Waals surface area contributed by atoms with Gasteiger partial charge in [0.05, 0.1) is 26.6 Å². The summed E-state index contributed by atoms with van der Waals surface area (Å²) in [6.07, 6.45) is 14.3. The molecule has 4 bridgehead atoms. The fourth-order valence-corrected chi connectivity index (χ4v) is 10.1. The highest BCUT2D eigenvalue weighted by atomic mass is 32.1. The first kappa shape index (κ1) is 24.3. The lowest BCUT2D eigenvalue weighted by atomic mass is 9.69. The summed E-state index contributed by atoms with van der Waals surface area (Å²) in [5, 5.41) is 1.14. The number of piperidine rings is 2. The van der Waals surface area contributed by atoms with Gasteiger partial charge in [0.25, 0.3) is 0 Å². The zero-order valence-corrected chi connectivity index (χ0v) is 24.0. The van der Waals surface area contributed by atoms with Crippen molar-refractivity contribution in [2.24, 2.45) is 23.7 Å². The highest BCUT2D eigenvalue weighted by Crippen LogP contribution is 2.50. The molecule has 6 unspecified atom stereocenters. The molecule has 5 heteroatoms. The Morgan fingerprint density at radius 1 is 0.784 bits per heavy atom. The van der Waals surface area contributed by atoms with Crippen LogP contribution in [-0.2, 0) is 0 Å². The number of nitrogens with zero attached hydrogens (tertiary/aromatic N) is 4. The van der Waals surface area contributed by atoms with E-state index in [4.69, 9.17) is 9.97 Å². The van der Waals surface area contributed by atoms with Crippen LogP contribution in [0.25, 0.3) is 21.7 Å². The fourth-order valence-electron chi connectivity index (χ4n) is 9.20. The van der Waals surface area contributed by atoms with Crippen molar-refractivity contribution in [3.63, 3.8) is 0 Å². The van der Waals surface area contributed by atoms with E-state index in [-0.39, 0.29) is 0 Å². The van der Waals surface area contributed by atoms with E-state index in [9.17, 15) is 0 Å². The van der Waals surface area contributed by atoms with Gasteiger partial charge in [-0.25, -0.2) is 9.97 Å². The van der Waals surface area contributed by atoms with E-state index < -0.39 is 0 Å². The maximum atomic E-state index is 5.24. The van der Waals surface area contributed by atoms with E-state index in [0.29, 0.717) is 18.1 Å². The molecule has 2 aliphatic carbocycles. The molecule has 198 valence electrons. The molecule has 0 radical (unpaired) electrons. The summed E-state index contributed by atoms with van der Waals surface area (Å²) in [6, 6.07) is 11.5. The lowest BCUT2D eigenvalue weighted by Crippen LogP contribution is -2.62. The second-order valence-corrected chi connectivity index (χ2v) is 14.4. The quantitative estimate of drug-likeness (QED) is 0.352. The van der Waals surface area contributed by atoms with E-state index in [2.05, 4.69) is 61.4 Å². The van der Waals surface area contributed by atoms with Gasteiger partial charge in [0, 0.05) is 24.2 Å². The van der Waals surface area contributed by atoms with Crippen LogP contribution < -0.4 is 0 Å². The van der Waals surface area contributed by atoms with Crippen LogP contribution in [0, 0.1) is 37.5 Å². The Bertz CT molecular complexity index is 1240. The van der Waals surface area contributed by atoms with Gasteiger partial charge in [-0.1, -0.05) is 58.1 Å². The summed E-state index contributed by atoms with van der Waals surface area (Å²) in [7, 11) is 0. The molecule has 2 aromatic heterocycles. The monoisotopic (exact) mass is 516 g/mol. The van der Waals surface area contributed by atoms with Crippen LogP contribution in [0.1, 0.15) is 94.8 Å². The minimum absolute atomic E-state index is 0.505. The van der Waals surface area contributed by atoms with Gasteiger partial charge in [-0.2, -0.15) is 0 Å². The first-order valence-corrected chi connectivity index (χ1v) is 16.0. The molecule has 4 heterocycles. The minimum Gasteiger partial charge on any atom is -0.320 e. The minimum atomic E-state index is 0.505. The van der Waals surface area contributed by atoms with Gasteiger partial charge in [0.2, 0.25) is 0 Å². The van der Waals surface area contributed by atoms with Gasteiger partial charge in [-0.05, 0) is 81.8 Å². The number of hydrogen-bond donors (Lipinski definition) is 0. The normalized spacial score (nSPS) is 36.5. The molecule has 37 heavy (non-hydrogen) atoms. The fraction of sp³-hybridized carbons (Fsp3) is 0.688. The molecule has 0 spiro atoms. The van der Waals surface area contributed by atoms with Crippen molar-refractivity contribution in [1.29, 1.82) is 0 Å². The van der Waals surface area contributed by atoms with Crippen molar-refractivity contribution in [1.82, 2.24) is 19.4 Å². The predicted octanol–water partition coefficient (Wildman–Crippen LogP) is 8.19. The molecular formula is C32H44N4S. The van der Waals surface area contributed by atoms with Crippen LogP contribution in [0.5, 0.6) is 0 Å². The van der Waals surface area contributed by atoms with Crippen molar-refractivity contribution in [3.05, 3.63) is 35.0 Å². The van der Waals surface area contributed by atoms with Crippen LogP contribution in [0.4, 0.5) is 0 Å². The number of rotatable bonds is 3. The second-order valence-electron chi connectivity index (χ2n) is 13.2. The molecule has 4 fully saturated rings. The molecule has 4 nitrogen and oxygen atoms in total. The maximum absolute atomic E-state index is 5.24. The molecule has 2 saturated carbocycles. The summed E-state index contributed by atoms with van der Waals surface area (Å²) in [5.41, 5.74) is 3.57. The number of hydrogen-bond acceptors (Lipinski definition) is 4. The summed E-state index contributed by atoms with van der Waals surface area (Å²) in [5.74, 6) is 4.64. The molecule has 2 saturated heterocycles. The number of benzene rings is 1. The number of fused-ring (bicyclic) bond motifs is 6. The number of para-hydroxylation sites is 2. The van der Waals surface area contributed by atoms with Crippen molar-refractivity contribution < 1.29 is 0 Å². The first-order valence-electron chi connectivity index (χ1n) is 15.1.